The fourth-order valence-corrected chi connectivity index (χ4v) is 4.47. The van der Waals surface area contributed by atoms with Crippen LogP contribution < -0.4 is 0 Å². The van der Waals surface area contributed by atoms with Crippen molar-refractivity contribution in [3.8, 4) is 5.69 Å². The number of hydrogen-bond donors (Lipinski definition) is 0. The number of rotatable bonds is 4. The minimum atomic E-state index is -0.373. The smallest absolute Gasteiger partial charge is 0.337 e. The van der Waals surface area contributed by atoms with Gasteiger partial charge in [-0.15, -0.1) is 0 Å². The van der Waals surface area contributed by atoms with Gasteiger partial charge in [-0.05, 0) is 87.8 Å². The van der Waals surface area contributed by atoms with Gasteiger partial charge >= 0.3 is 5.97 Å². The molecule has 2 aromatic rings. The van der Waals surface area contributed by atoms with Crippen molar-refractivity contribution in [1.82, 2.24) is 9.47 Å². The lowest BCUT2D eigenvalue weighted by Crippen LogP contribution is -2.34. The maximum atomic E-state index is 12.6. The quantitative estimate of drug-likeness (QED) is 0.541. The van der Waals surface area contributed by atoms with Crippen LogP contribution in [0.2, 0.25) is 0 Å². The van der Waals surface area contributed by atoms with Gasteiger partial charge in [-0.1, -0.05) is 0 Å². The molecular formula is C22H24N2O4S. The van der Waals surface area contributed by atoms with Gasteiger partial charge in [0.25, 0.3) is 11.1 Å². The number of nitrogens with zero attached hydrogens (tertiary/aromatic N) is 2. The number of ether oxygens (including phenoxy) is 1. The number of imide groups is 1. The van der Waals surface area contributed by atoms with E-state index in [0.717, 1.165) is 40.0 Å². The molecule has 1 aromatic carbocycles. The van der Waals surface area contributed by atoms with Crippen LogP contribution in [0.15, 0.2) is 29.2 Å². The Kier molecular flexibility index (Phi) is 5.71. The summed E-state index contributed by atoms with van der Waals surface area (Å²) in [5.41, 5.74) is 5.20. The fourth-order valence-electron chi connectivity index (χ4n) is 3.52. The van der Waals surface area contributed by atoms with Gasteiger partial charge in [-0.3, -0.25) is 14.5 Å². The van der Waals surface area contributed by atoms with E-state index in [9.17, 15) is 14.4 Å². The summed E-state index contributed by atoms with van der Waals surface area (Å²) in [4.78, 5) is 38.2. The molecule has 3 rings (SSSR count). The highest BCUT2D eigenvalue weighted by atomic mass is 32.2. The Hall–Kier alpha value is -2.80. The van der Waals surface area contributed by atoms with Gasteiger partial charge in [-0.2, -0.15) is 0 Å². The zero-order valence-corrected chi connectivity index (χ0v) is 18.2. The normalized spacial score (nSPS) is 15.7. The average Bonchev–Trinajstić information content (AvgIpc) is 3.09. The van der Waals surface area contributed by atoms with E-state index in [2.05, 4.69) is 4.57 Å². The molecule has 1 aromatic heterocycles. The van der Waals surface area contributed by atoms with Crippen LogP contribution in [0.1, 0.15) is 46.7 Å². The molecule has 0 radical (unpaired) electrons. The highest BCUT2D eigenvalue weighted by molar-refractivity contribution is 8.18. The highest BCUT2D eigenvalue weighted by Gasteiger charge is 2.36. The number of hydrogen-bond acceptors (Lipinski definition) is 5. The van der Waals surface area contributed by atoms with Crippen molar-refractivity contribution in [2.45, 2.75) is 40.7 Å². The fraction of sp³-hybridized carbons (Fsp3) is 0.318. The number of methoxy groups -OCH3 is 1. The monoisotopic (exact) mass is 412 g/mol. The largest absolute Gasteiger partial charge is 0.465 e. The lowest BCUT2D eigenvalue weighted by atomic mass is 10.1. The van der Waals surface area contributed by atoms with Crippen molar-refractivity contribution < 1.29 is 19.1 Å². The third kappa shape index (κ3) is 3.74. The van der Waals surface area contributed by atoms with Gasteiger partial charge in [0.05, 0.1) is 17.6 Å². The van der Waals surface area contributed by atoms with E-state index in [-0.39, 0.29) is 23.2 Å². The number of benzene rings is 1. The molecule has 7 heteroatoms. The van der Waals surface area contributed by atoms with E-state index < -0.39 is 0 Å². The van der Waals surface area contributed by atoms with Crippen molar-refractivity contribution in [2.24, 2.45) is 0 Å². The molecule has 0 unspecified atom stereocenters. The van der Waals surface area contributed by atoms with Gasteiger partial charge < -0.3 is 9.30 Å². The third-order valence-electron chi connectivity index (χ3n) is 4.96. The average molecular weight is 413 g/mol. The van der Waals surface area contributed by atoms with Crippen molar-refractivity contribution in [3.63, 3.8) is 0 Å². The predicted octanol–water partition coefficient (Wildman–Crippen LogP) is 4.63. The molecule has 0 bridgehead atoms. The highest BCUT2D eigenvalue weighted by Crippen LogP contribution is 2.35. The molecule has 1 aliphatic rings. The standard InChI is InChI=1S/C22H24N2O4S/c1-12(2)23-20(25)19(29-22(23)27)11-17-10-14(4)24(15(17)5)18-8-7-16(9-13(18)3)21(26)28-6/h7-12H,1-6H3/b19-11+. The van der Waals surface area contributed by atoms with E-state index in [1.165, 1.54) is 12.0 Å². The van der Waals surface area contributed by atoms with Gasteiger partial charge in [0.2, 0.25) is 0 Å². The minimum absolute atomic E-state index is 0.170. The van der Waals surface area contributed by atoms with Crippen LogP contribution in [0.25, 0.3) is 11.8 Å². The second-order valence-electron chi connectivity index (χ2n) is 7.30. The summed E-state index contributed by atoms with van der Waals surface area (Å²) >= 11 is 0.973. The number of aryl methyl sites for hydroxylation is 2. The van der Waals surface area contributed by atoms with E-state index in [0.29, 0.717) is 10.5 Å². The molecule has 1 fully saturated rings. The first kappa shape index (κ1) is 20.9. The summed E-state index contributed by atoms with van der Waals surface area (Å²) in [5, 5.41) is -0.237. The molecule has 1 aliphatic heterocycles. The number of thioether (sulfide) groups is 1. The summed E-state index contributed by atoms with van der Waals surface area (Å²) in [6.07, 6.45) is 1.78. The first-order valence-corrected chi connectivity index (χ1v) is 10.1. The van der Waals surface area contributed by atoms with Crippen LogP contribution >= 0.6 is 11.8 Å². The molecule has 0 N–H and O–H groups in total. The van der Waals surface area contributed by atoms with Crippen molar-refractivity contribution in [3.05, 3.63) is 57.2 Å². The summed E-state index contributed by atoms with van der Waals surface area (Å²) < 4.78 is 6.87. The molecule has 0 atom stereocenters. The second kappa shape index (κ2) is 7.91. The summed E-state index contributed by atoms with van der Waals surface area (Å²) in [6.45, 7) is 9.54. The third-order valence-corrected chi connectivity index (χ3v) is 5.84. The Morgan fingerprint density at radius 3 is 2.38 bits per heavy atom. The topological polar surface area (TPSA) is 68.6 Å². The molecule has 2 amide bonds. The summed E-state index contributed by atoms with van der Waals surface area (Å²) in [5.74, 6) is -0.624. The van der Waals surface area contributed by atoms with Crippen LogP contribution in [-0.4, -0.2) is 39.7 Å². The molecule has 0 saturated carbocycles. The van der Waals surface area contributed by atoms with Crippen molar-refractivity contribution in [1.29, 1.82) is 0 Å². The first-order chi connectivity index (χ1) is 13.6. The van der Waals surface area contributed by atoms with Crippen molar-refractivity contribution >= 4 is 35.0 Å². The molecule has 2 heterocycles. The van der Waals surface area contributed by atoms with Crippen LogP contribution in [-0.2, 0) is 9.53 Å². The number of amides is 2. The van der Waals surface area contributed by atoms with Crippen LogP contribution in [0, 0.1) is 20.8 Å². The Balaban J connectivity index is 2.01. The SMILES string of the molecule is COC(=O)c1ccc(-n2c(C)cc(/C=C3/SC(=O)N(C(C)C)C3=O)c2C)c(C)c1. The summed E-state index contributed by atoms with van der Waals surface area (Å²) in [6, 6.07) is 7.25. The van der Waals surface area contributed by atoms with E-state index in [1.807, 2.05) is 46.8 Å². The lowest BCUT2D eigenvalue weighted by molar-refractivity contribution is -0.123. The van der Waals surface area contributed by atoms with Crippen LogP contribution in [0.5, 0.6) is 0 Å². The van der Waals surface area contributed by atoms with Gasteiger partial charge in [0.15, 0.2) is 0 Å². The Morgan fingerprint density at radius 2 is 1.83 bits per heavy atom. The van der Waals surface area contributed by atoms with Crippen LogP contribution in [0.4, 0.5) is 4.79 Å². The molecule has 0 spiro atoms. The lowest BCUT2D eigenvalue weighted by Gasteiger charge is -2.16. The molecule has 152 valence electrons. The van der Waals surface area contributed by atoms with Gasteiger partial charge in [0.1, 0.15) is 0 Å². The molecule has 6 nitrogen and oxygen atoms in total. The van der Waals surface area contributed by atoms with Gasteiger partial charge in [-0.25, -0.2) is 4.79 Å². The Morgan fingerprint density at radius 1 is 1.14 bits per heavy atom. The molecule has 29 heavy (non-hydrogen) atoms. The van der Waals surface area contributed by atoms with E-state index in [4.69, 9.17) is 4.74 Å². The van der Waals surface area contributed by atoms with E-state index >= 15 is 0 Å². The predicted molar refractivity (Wildman–Crippen MR) is 114 cm³/mol. The summed E-state index contributed by atoms with van der Waals surface area (Å²) in [7, 11) is 1.36. The maximum Gasteiger partial charge on any atom is 0.337 e. The maximum absolute atomic E-state index is 12.6. The van der Waals surface area contributed by atoms with Crippen molar-refractivity contribution in [2.75, 3.05) is 7.11 Å². The number of carbonyl (C=O) groups excluding carboxylic acids is 3. The van der Waals surface area contributed by atoms with E-state index in [1.54, 1.807) is 18.2 Å². The zero-order valence-electron chi connectivity index (χ0n) is 17.4. The Labute approximate surface area is 174 Å². The molecule has 0 aliphatic carbocycles. The minimum Gasteiger partial charge on any atom is -0.465 e. The number of esters is 1. The first-order valence-electron chi connectivity index (χ1n) is 9.31. The van der Waals surface area contributed by atoms with Crippen LogP contribution in [0.3, 0.4) is 0 Å². The Bertz CT molecular complexity index is 1050. The van der Waals surface area contributed by atoms with Gasteiger partial charge in [0, 0.05) is 23.1 Å². The zero-order chi connectivity index (χ0) is 21.5. The molecular weight excluding hydrogens is 388 g/mol. The number of carbonyl (C=O) groups is 3. The molecule has 1 saturated heterocycles. The number of aromatic nitrogens is 1. The second-order valence-corrected chi connectivity index (χ2v) is 8.29.